The lowest BCUT2D eigenvalue weighted by atomic mass is 10.1. The Balaban J connectivity index is 0.000000405. The first kappa shape index (κ1) is 7.32. The van der Waals surface area contributed by atoms with Gasteiger partial charge in [-0.05, 0) is 18.8 Å². The van der Waals surface area contributed by atoms with Crippen molar-refractivity contribution in [2.24, 2.45) is 11.7 Å². The molecule has 0 aromatic heterocycles. The first-order chi connectivity index (χ1) is 3.86. The molecule has 0 aromatic rings. The second-order valence-corrected chi connectivity index (χ2v) is 2.87. The monoisotopic (exact) mass is 149 g/mol. The fourth-order valence-corrected chi connectivity index (χ4v) is 1.72. The van der Waals surface area contributed by atoms with E-state index in [0.29, 0.717) is 12.1 Å². The zero-order chi connectivity index (χ0) is 5.56. The molecule has 3 atom stereocenters. The van der Waals surface area contributed by atoms with Gasteiger partial charge in [0.05, 0.1) is 6.10 Å². The summed E-state index contributed by atoms with van der Waals surface area (Å²) in [4.78, 5) is 0. The molecular weight excluding hydrogens is 138 g/mol. The van der Waals surface area contributed by atoms with Gasteiger partial charge in [-0.25, -0.2) is 0 Å². The van der Waals surface area contributed by atoms with Crippen molar-refractivity contribution in [2.45, 2.75) is 25.0 Å². The van der Waals surface area contributed by atoms with Crippen molar-refractivity contribution in [1.29, 1.82) is 0 Å². The van der Waals surface area contributed by atoms with Crippen molar-refractivity contribution in [3.05, 3.63) is 0 Å². The Labute approximate surface area is 61.2 Å². The molecule has 2 rings (SSSR count). The van der Waals surface area contributed by atoms with Gasteiger partial charge in [0.15, 0.2) is 0 Å². The minimum absolute atomic E-state index is 0. The van der Waals surface area contributed by atoms with Gasteiger partial charge in [-0.1, -0.05) is 0 Å². The van der Waals surface area contributed by atoms with Crippen LogP contribution in [0.4, 0.5) is 0 Å². The SMILES string of the molecule is Cl.N[C@H]1C[C@H]2CO[C@@H]1C2. The van der Waals surface area contributed by atoms with E-state index in [2.05, 4.69) is 0 Å². The topological polar surface area (TPSA) is 35.2 Å². The summed E-state index contributed by atoms with van der Waals surface area (Å²) in [5.41, 5.74) is 5.69. The number of ether oxygens (including phenoxy) is 1. The Kier molecular flexibility index (Phi) is 1.99. The lowest BCUT2D eigenvalue weighted by molar-refractivity contribution is 0.0625. The number of hydrogen-bond acceptors (Lipinski definition) is 2. The molecule has 0 amide bonds. The van der Waals surface area contributed by atoms with Crippen molar-refractivity contribution in [3.8, 4) is 0 Å². The maximum absolute atomic E-state index is 5.69. The third-order valence-corrected chi connectivity index (χ3v) is 2.19. The highest BCUT2D eigenvalue weighted by molar-refractivity contribution is 5.85. The minimum atomic E-state index is 0. The molecule has 9 heavy (non-hydrogen) atoms. The lowest BCUT2D eigenvalue weighted by Crippen LogP contribution is -2.33. The normalized spacial score (nSPS) is 47.0. The Morgan fingerprint density at radius 3 is 2.33 bits per heavy atom. The van der Waals surface area contributed by atoms with Gasteiger partial charge in [0, 0.05) is 12.6 Å². The smallest absolute Gasteiger partial charge is 0.0729 e. The molecule has 1 aliphatic heterocycles. The van der Waals surface area contributed by atoms with Crippen LogP contribution in [0.5, 0.6) is 0 Å². The van der Waals surface area contributed by atoms with Gasteiger partial charge in [0.1, 0.15) is 0 Å². The molecule has 1 heterocycles. The van der Waals surface area contributed by atoms with E-state index in [1.165, 1.54) is 12.8 Å². The van der Waals surface area contributed by atoms with Crippen molar-refractivity contribution in [3.63, 3.8) is 0 Å². The number of fused-ring (bicyclic) bond motifs is 2. The fraction of sp³-hybridized carbons (Fsp3) is 1.00. The number of halogens is 1. The van der Waals surface area contributed by atoms with Crippen LogP contribution in [0, 0.1) is 5.92 Å². The summed E-state index contributed by atoms with van der Waals surface area (Å²) in [6, 6.07) is 0.355. The average molecular weight is 150 g/mol. The van der Waals surface area contributed by atoms with Crippen LogP contribution in [0.1, 0.15) is 12.8 Å². The summed E-state index contributed by atoms with van der Waals surface area (Å²) < 4.78 is 5.34. The average Bonchev–Trinajstić information content (AvgIpc) is 2.23. The van der Waals surface area contributed by atoms with Crippen LogP contribution >= 0.6 is 12.4 Å². The highest BCUT2D eigenvalue weighted by Crippen LogP contribution is 2.33. The maximum atomic E-state index is 5.69. The molecule has 0 radical (unpaired) electrons. The Bertz CT molecular complexity index is 107. The highest BCUT2D eigenvalue weighted by atomic mass is 35.5. The molecule has 2 bridgehead atoms. The van der Waals surface area contributed by atoms with E-state index in [4.69, 9.17) is 10.5 Å². The second-order valence-electron chi connectivity index (χ2n) is 2.87. The van der Waals surface area contributed by atoms with E-state index in [-0.39, 0.29) is 12.4 Å². The van der Waals surface area contributed by atoms with Crippen LogP contribution in [-0.2, 0) is 4.74 Å². The van der Waals surface area contributed by atoms with E-state index in [0.717, 1.165) is 12.5 Å². The second kappa shape index (κ2) is 2.45. The number of rotatable bonds is 0. The zero-order valence-corrected chi connectivity index (χ0v) is 6.06. The summed E-state index contributed by atoms with van der Waals surface area (Å²) >= 11 is 0. The maximum Gasteiger partial charge on any atom is 0.0729 e. The molecule has 0 aromatic carbocycles. The molecule has 1 aliphatic carbocycles. The predicted molar refractivity (Wildman–Crippen MR) is 37.7 cm³/mol. The van der Waals surface area contributed by atoms with Gasteiger partial charge >= 0.3 is 0 Å². The first-order valence-corrected chi connectivity index (χ1v) is 3.23. The standard InChI is InChI=1S/C6H11NO.ClH/c7-5-1-4-2-6(5)8-3-4;/h4-6H,1-3,7H2;1H/t4-,5+,6-;/m1./s1. The number of nitrogens with two attached hydrogens (primary N) is 1. The predicted octanol–water partition coefficient (Wildman–Crippen LogP) is 0.544. The summed E-state index contributed by atoms with van der Waals surface area (Å²) in [6.45, 7) is 0.971. The van der Waals surface area contributed by atoms with E-state index in [1.807, 2.05) is 0 Å². The Hall–Kier alpha value is 0.210. The van der Waals surface area contributed by atoms with Gasteiger partial charge in [-0.15, -0.1) is 12.4 Å². The van der Waals surface area contributed by atoms with Crippen LogP contribution in [0.15, 0.2) is 0 Å². The van der Waals surface area contributed by atoms with Crippen LogP contribution in [0.3, 0.4) is 0 Å². The molecule has 1 saturated carbocycles. The van der Waals surface area contributed by atoms with E-state index >= 15 is 0 Å². The fourth-order valence-electron chi connectivity index (χ4n) is 1.72. The van der Waals surface area contributed by atoms with Crippen LogP contribution < -0.4 is 5.73 Å². The lowest BCUT2D eigenvalue weighted by Gasteiger charge is -2.16. The van der Waals surface area contributed by atoms with Crippen molar-refractivity contribution >= 4 is 12.4 Å². The minimum Gasteiger partial charge on any atom is -0.376 e. The quantitative estimate of drug-likeness (QED) is 0.546. The molecular formula is C6H12ClNO. The molecule has 0 unspecified atom stereocenters. The molecule has 2 aliphatic rings. The van der Waals surface area contributed by atoms with Gasteiger partial charge in [0.2, 0.25) is 0 Å². The zero-order valence-electron chi connectivity index (χ0n) is 5.25. The molecule has 3 heteroatoms. The van der Waals surface area contributed by atoms with Gasteiger partial charge in [-0.3, -0.25) is 0 Å². The molecule has 2 N–H and O–H groups in total. The Morgan fingerprint density at radius 2 is 2.11 bits per heavy atom. The third-order valence-electron chi connectivity index (χ3n) is 2.19. The molecule has 2 nitrogen and oxygen atoms in total. The van der Waals surface area contributed by atoms with Crippen LogP contribution in [0.25, 0.3) is 0 Å². The third kappa shape index (κ3) is 1.07. The van der Waals surface area contributed by atoms with Gasteiger partial charge < -0.3 is 10.5 Å². The van der Waals surface area contributed by atoms with E-state index in [9.17, 15) is 0 Å². The summed E-state index contributed by atoms with van der Waals surface area (Å²) in [5, 5.41) is 0. The molecule has 54 valence electrons. The highest BCUT2D eigenvalue weighted by Gasteiger charge is 2.38. The first-order valence-electron chi connectivity index (χ1n) is 3.23. The van der Waals surface area contributed by atoms with Crippen molar-refractivity contribution in [2.75, 3.05) is 6.61 Å². The van der Waals surface area contributed by atoms with Crippen molar-refractivity contribution in [1.82, 2.24) is 0 Å². The van der Waals surface area contributed by atoms with Crippen LogP contribution in [0.2, 0.25) is 0 Å². The van der Waals surface area contributed by atoms with E-state index in [1.54, 1.807) is 0 Å². The van der Waals surface area contributed by atoms with E-state index < -0.39 is 0 Å². The molecule has 0 spiro atoms. The molecule has 1 saturated heterocycles. The summed E-state index contributed by atoms with van der Waals surface area (Å²) in [5.74, 6) is 0.801. The van der Waals surface area contributed by atoms with Crippen molar-refractivity contribution < 1.29 is 4.74 Å². The van der Waals surface area contributed by atoms with Gasteiger partial charge in [-0.2, -0.15) is 0 Å². The van der Waals surface area contributed by atoms with Gasteiger partial charge in [0.25, 0.3) is 0 Å². The largest absolute Gasteiger partial charge is 0.376 e. The number of hydrogen-bond donors (Lipinski definition) is 1. The molecule has 2 fully saturated rings. The summed E-state index contributed by atoms with van der Waals surface area (Å²) in [7, 11) is 0. The summed E-state index contributed by atoms with van der Waals surface area (Å²) in [6.07, 6.45) is 2.84. The van der Waals surface area contributed by atoms with Crippen LogP contribution in [-0.4, -0.2) is 18.8 Å². The Morgan fingerprint density at radius 1 is 1.33 bits per heavy atom.